The summed E-state index contributed by atoms with van der Waals surface area (Å²) in [6.07, 6.45) is 5.57. The third-order valence-corrected chi connectivity index (χ3v) is 5.42. The Morgan fingerprint density at radius 1 is 1.38 bits per heavy atom. The zero-order valence-electron chi connectivity index (χ0n) is 13.6. The molecule has 0 bridgehead atoms. The molecule has 2 aromatic heterocycles. The van der Waals surface area contributed by atoms with E-state index in [1.54, 1.807) is 6.26 Å². The minimum atomic E-state index is -0.471. The molecule has 6 nitrogen and oxygen atoms in total. The highest BCUT2D eigenvalue weighted by Gasteiger charge is 2.25. The van der Waals surface area contributed by atoms with Crippen LogP contribution in [0.25, 0.3) is 0 Å². The van der Waals surface area contributed by atoms with Gasteiger partial charge in [0.2, 0.25) is 5.91 Å². The molecule has 4 N–H and O–H groups in total. The molecule has 0 saturated carbocycles. The number of aryl methyl sites for hydroxylation is 1. The van der Waals surface area contributed by atoms with Crippen LogP contribution in [0.3, 0.4) is 0 Å². The highest BCUT2D eigenvalue weighted by molar-refractivity contribution is 7.17. The average molecular weight is 347 g/mol. The molecule has 0 fully saturated rings. The maximum Gasteiger partial charge on any atom is 0.251 e. The highest BCUT2D eigenvalue weighted by atomic mass is 32.1. The van der Waals surface area contributed by atoms with Gasteiger partial charge in [0.25, 0.3) is 5.91 Å². The van der Waals surface area contributed by atoms with Gasteiger partial charge in [0.15, 0.2) is 0 Å². The van der Waals surface area contributed by atoms with Crippen molar-refractivity contribution in [2.75, 3.05) is 11.9 Å². The molecule has 0 aliphatic heterocycles. The first-order valence-corrected chi connectivity index (χ1v) is 8.89. The number of thiophene rings is 1. The minimum Gasteiger partial charge on any atom is -0.468 e. The van der Waals surface area contributed by atoms with Gasteiger partial charge in [-0.05, 0) is 50.3 Å². The predicted molar refractivity (Wildman–Crippen MR) is 93.2 cm³/mol. The Bertz CT molecular complexity index is 737. The van der Waals surface area contributed by atoms with E-state index < -0.39 is 5.91 Å². The van der Waals surface area contributed by atoms with Crippen LogP contribution in [-0.2, 0) is 17.6 Å². The second-order valence-electron chi connectivity index (χ2n) is 5.95. The van der Waals surface area contributed by atoms with Crippen molar-refractivity contribution in [3.63, 3.8) is 0 Å². The summed E-state index contributed by atoms with van der Waals surface area (Å²) < 4.78 is 5.30. The van der Waals surface area contributed by atoms with E-state index in [-0.39, 0.29) is 18.5 Å². The molecule has 1 aliphatic rings. The van der Waals surface area contributed by atoms with Crippen LogP contribution in [0.4, 0.5) is 5.00 Å². The number of carbonyl (C=O) groups is 2. The van der Waals surface area contributed by atoms with Crippen molar-refractivity contribution >= 4 is 28.2 Å². The van der Waals surface area contributed by atoms with Gasteiger partial charge < -0.3 is 15.5 Å². The number of amides is 2. The van der Waals surface area contributed by atoms with Crippen molar-refractivity contribution in [1.29, 1.82) is 0 Å². The Morgan fingerprint density at radius 2 is 2.17 bits per heavy atom. The van der Waals surface area contributed by atoms with Crippen LogP contribution in [0.5, 0.6) is 0 Å². The quantitative estimate of drug-likeness (QED) is 0.748. The molecular weight excluding hydrogens is 326 g/mol. The molecule has 0 spiro atoms. The van der Waals surface area contributed by atoms with Gasteiger partial charge in [-0.2, -0.15) is 0 Å². The second kappa shape index (κ2) is 7.19. The number of hydrogen-bond acceptors (Lipinski definition) is 5. The number of hydrogen-bond donors (Lipinski definition) is 3. The lowest BCUT2D eigenvalue weighted by Gasteiger charge is -2.12. The van der Waals surface area contributed by atoms with Gasteiger partial charge in [0.05, 0.1) is 24.4 Å². The van der Waals surface area contributed by atoms with Crippen LogP contribution in [0.1, 0.15) is 52.4 Å². The first kappa shape index (κ1) is 16.7. The zero-order chi connectivity index (χ0) is 17.1. The van der Waals surface area contributed by atoms with Crippen molar-refractivity contribution in [3.8, 4) is 0 Å². The number of anilines is 1. The van der Waals surface area contributed by atoms with E-state index in [2.05, 4.69) is 10.6 Å². The van der Waals surface area contributed by atoms with Crippen LogP contribution < -0.4 is 16.4 Å². The van der Waals surface area contributed by atoms with Gasteiger partial charge in [-0.25, -0.2) is 0 Å². The summed E-state index contributed by atoms with van der Waals surface area (Å²) in [7, 11) is 0. The van der Waals surface area contributed by atoms with Crippen molar-refractivity contribution < 1.29 is 14.0 Å². The first-order chi connectivity index (χ1) is 11.6. The number of nitrogens with two attached hydrogens (primary N) is 1. The Balaban J connectivity index is 1.66. The van der Waals surface area contributed by atoms with Crippen LogP contribution in [0, 0.1) is 0 Å². The molecule has 2 aromatic rings. The molecule has 3 rings (SSSR count). The molecule has 0 unspecified atom stereocenters. The van der Waals surface area contributed by atoms with E-state index in [4.69, 9.17) is 10.2 Å². The number of rotatable bonds is 6. The summed E-state index contributed by atoms with van der Waals surface area (Å²) in [5.41, 5.74) is 7.04. The normalized spacial score (nSPS) is 14.9. The summed E-state index contributed by atoms with van der Waals surface area (Å²) in [6.45, 7) is 2.05. The highest BCUT2D eigenvalue weighted by Crippen LogP contribution is 2.37. The van der Waals surface area contributed by atoms with Crippen LogP contribution in [0.2, 0.25) is 0 Å². The van der Waals surface area contributed by atoms with E-state index in [9.17, 15) is 9.59 Å². The van der Waals surface area contributed by atoms with Crippen molar-refractivity contribution in [3.05, 3.63) is 40.2 Å². The Morgan fingerprint density at radius 3 is 2.88 bits per heavy atom. The van der Waals surface area contributed by atoms with Gasteiger partial charge >= 0.3 is 0 Å². The lowest BCUT2D eigenvalue weighted by molar-refractivity contribution is -0.115. The van der Waals surface area contributed by atoms with Gasteiger partial charge in [-0.15, -0.1) is 11.3 Å². The van der Waals surface area contributed by atoms with Crippen LogP contribution in [-0.4, -0.2) is 18.4 Å². The predicted octanol–water partition coefficient (Wildman–Crippen LogP) is 2.61. The molecule has 7 heteroatoms. The molecule has 1 atom stereocenters. The fourth-order valence-electron chi connectivity index (χ4n) is 2.97. The summed E-state index contributed by atoms with van der Waals surface area (Å²) in [4.78, 5) is 25.2. The molecule has 128 valence electrons. The van der Waals surface area contributed by atoms with Crippen LogP contribution >= 0.6 is 11.3 Å². The van der Waals surface area contributed by atoms with Gasteiger partial charge in [-0.1, -0.05) is 0 Å². The number of primary amides is 1. The number of furan rings is 1. The fraction of sp³-hybridized carbons (Fsp3) is 0.412. The Labute approximate surface area is 144 Å². The molecule has 0 saturated heterocycles. The molecule has 1 aliphatic carbocycles. The maximum absolute atomic E-state index is 12.2. The van der Waals surface area contributed by atoms with Crippen LogP contribution in [0.15, 0.2) is 22.8 Å². The molecular formula is C17H21N3O3S. The lowest BCUT2D eigenvalue weighted by Crippen LogP contribution is -2.30. The van der Waals surface area contributed by atoms with E-state index in [0.717, 1.165) is 37.0 Å². The van der Waals surface area contributed by atoms with E-state index in [0.29, 0.717) is 10.6 Å². The third-order valence-electron chi connectivity index (χ3n) is 4.21. The maximum atomic E-state index is 12.2. The summed E-state index contributed by atoms with van der Waals surface area (Å²) in [6, 6.07) is 3.59. The van der Waals surface area contributed by atoms with E-state index in [1.165, 1.54) is 16.2 Å². The van der Waals surface area contributed by atoms with Gasteiger partial charge in [0, 0.05) is 4.88 Å². The van der Waals surface area contributed by atoms with Crippen molar-refractivity contribution in [2.45, 2.75) is 38.6 Å². The number of carbonyl (C=O) groups excluding carboxylic acids is 2. The Kier molecular flexibility index (Phi) is 5.01. The topological polar surface area (TPSA) is 97.4 Å². The van der Waals surface area contributed by atoms with Crippen molar-refractivity contribution in [2.24, 2.45) is 5.73 Å². The molecule has 0 aromatic carbocycles. The lowest BCUT2D eigenvalue weighted by atomic mass is 9.95. The first-order valence-electron chi connectivity index (χ1n) is 8.07. The third kappa shape index (κ3) is 3.52. The largest absolute Gasteiger partial charge is 0.468 e. The average Bonchev–Trinajstić information content (AvgIpc) is 3.19. The summed E-state index contributed by atoms with van der Waals surface area (Å²) >= 11 is 1.47. The summed E-state index contributed by atoms with van der Waals surface area (Å²) in [5, 5.41) is 6.51. The van der Waals surface area contributed by atoms with Gasteiger partial charge in [-0.3, -0.25) is 14.9 Å². The fourth-order valence-corrected chi connectivity index (χ4v) is 4.28. The molecule has 0 radical (unpaired) electrons. The monoisotopic (exact) mass is 347 g/mol. The molecule has 24 heavy (non-hydrogen) atoms. The molecule has 2 amide bonds. The van der Waals surface area contributed by atoms with E-state index >= 15 is 0 Å². The second-order valence-corrected chi connectivity index (χ2v) is 7.05. The molecule has 2 heterocycles. The zero-order valence-corrected chi connectivity index (χ0v) is 14.4. The van der Waals surface area contributed by atoms with Gasteiger partial charge in [0.1, 0.15) is 10.8 Å². The standard InChI is InChI=1S/C17H21N3O3S/c1-10(12-6-4-8-23-12)19-9-14(21)20-17-15(16(18)22)11-5-2-3-7-13(11)24-17/h4,6,8,10,19H,2-3,5,7,9H2,1H3,(H2,18,22)(H,20,21)/t10-/m0/s1. The summed E-state index contributed by atoms with van der Waals surface area (Å²) in [5.74, 6) is 0.100. The Hall–Kier alpha value is -2.12. The SMILES string of the molecule is C[C@H](NCC(=O)Nc1sc2c(c1C(N)=O)CCCC2)c1ccco1. The smallest absolute Gasteiger partial charge is 0.251 e. The van der Waals surface area contributed by atoms with E-state index in [1.807, 2.05) is 19.1 Å². The number of fused-ring (bicyclic) bond motifs is 1. The van der Waals surface area contributed by atoms with Crippen molar-refractivity contribution in [1.82, 2.24) is 5.32 Å². The minimum absolute atomic E-state index is 0.0714. The number of nitrogens with one attached hydrogen (secondary N) is 2.